The van der Waals surface area contributed by atoms with Crippen molar-refractivity contribution in [2.75, 3.05) is 25.1 Å². The SMILES string of the molecule is COc1ccc(-c2ncc(CCC(F)(F)C(F)(F)F)nc2N2CCC(C(=O)O)CC2)cc1. The lowest BCUT2D eigenvalue weighted by molar-refractivity contribution is -0.284. The van der Waals surface area contributed by atoms with Crippen LogP contribution in [-0.4, -0.2) is 53.3 Å². The molecule has 0 amide bonds. The van der Waals surface area contributed by atoms with Gasteiger partial charge in [0.2, 0.25) is 0 Å². The summed E-state index contributed by atoms with van der Waals surface area (Å²) < 4.78 is 69.3. The fraction of sp³-hybridized carbons (Fsp3) is 0.476. The van der Waals surface area contributed by atoms with Crippen molar-refractivity contribution in [1.82, 2.24) is 9.97 Å². The molecule has 1 aromatic carbocycles. The van der Waals surface area contributed by atoms with Gasteiger partial charge < -0.3 is 14.7 Å². The van der Waals surface area contributed by atoms with Gasteiger partial charge in [0, 0.05) is 31.3 Å². The lowest BCUT2D eigenvalue weighted by Gasteiger charge is -2.32. The molecule has 2 aromatic rings. The van der Waals surface area contributed by atoms with E-state index in [2.05, 4.69) is 9.97 Å². The third-order valence-corrected chi connectivity index (χ3v) is 5.42. The highest BCUT2D eigenvalue weighted by Gasteiger charge is 2.56. The molecule has 1 aliphatic heterocycles. The first-order chi connectivity index (χ1) is 15.0. The first-order valence-corrected chi connectivity index (χ1v) is 9.94. The molecule has 1 saturated heterocycles. The summed E-state index contributed by atoms with van der Waals surface area (Å²) >= 11 is 0. The minimum Gasteiger partial charge on any atom is -0.497 e. The van der Waals surface area contributed by atoms with Gasteiger partial charge in [0.05, 0.1) is 18.7 Å². The third kappa shape index (κ3) is 5.25. The molecule has 2 heterocycles. The molecule has 0 saturated carbocycles. The quantitative estimate of drug-likeness (QED) is 0.611. The van der Waals surface area contributed by atoms with E-state index in [1.807, 2.05) is 0 Å². The van der Waals surface area contributed by atoms with E-state index in [1.165, 1.54) is 13.3 Å². The molecule has 1 aromatic heterocycles. The van der Waals surface area contributed by atoms with E-state index in [4.69, 9.17) is 4.74 Å². The number of halogens is 5. The summed E-state index contributed by atoms with van der Waals surface area (Å²) in [5, 5.41) is 9.21. The van der Waals surface area contributed by atoms with E-state index in [9.17, 15) is 31.9 Å². The Morgan fingerprint density at radius 1 is 1.16 bits per heavy atom. The standard InChI is InChI=1S/C21H22F5N3O3/c1-32-16-4-2-13(3-5-16)17-18(29-10-7-14(8-11-29)19(30)31)28-15(12-27-17)6-9-20(22,23)21(24,25)26/h2-5,12,14H,6-11H2,1H3,(H,30,31). The molecule has 1 fully saturated rings. The van der Waals surface area contributed by atoms with E-state index in [-0.39, 0.29) is 5.69 Å². The molecule has 11 heteroatoms. The Morgan fingerprint density at radius 2 is 1.78 bits per heavy atom. The summed E-state index contributed by atoms with van der Waals surface area (Å²) in [7, 11) is 1.51. The normalized spacial score (nSPS) is 15.6. The highest BCUT2D eigenvalue weighted by Crippen LogP contribution is 2.39. The number of carboxylic acids is 1. The molecule has 0 unspecified atom stereocenters. The van der Waals surface area contributed by atoms with Gasteiger partial charge in [-0.15, -0.1) is 0 Å². The van der Waals surface area contributed by atoms with Crippen molar-refractivity contribution in [2.24, 2.45) is 5.92 Å². The highest BCUT2D eigenvalue weighted by atomic mass is 19.4. The van der Waals surface area contributed by atoms with E-state index in [0.29, 0.717) is 48.8 Å². The van der Waals surface area contributed by atoms with Crippen molar-refractivity contribution in [2.45, 2.75) is 37.8 Å². The van der Waals surface area contributed by atoms with Gasteiger partial charge in [-0.2, -0.15) is 22.0 Å². The molecule has 0 aliphatic carbocycles. The van der Waals surface area contributed by atoms with E-state index in [0.717, 1.165) is 0 Å². The molecular weight excluding hydrogens is 437 g/mol. The van der Waals surface area contributed by atoms with Crippen molar-refractivity contribution in [3.8, 4) is 17.0 Å². The maximum Gasteiger partial charge on any atom is 0.453 e. The largest absolute Gasteiger partial charge is 0.497 e. The zero-order chi connectivity index (χ0) is 23.5. The van der Waals surface area contributed by atoms with Crippen molar-refractivity contribution in [3.05, 3.63) is 36.2 Å². The van der Waals surface area contributed by atoms with Gasteiger partial charge in [0.15, 0.2) is 5.82 Å². The predicted octanol–water partition coefficient (Wildman–Crippen LogP) is 4.58. The number of aromatic nitrogens is 2. The van der Waals surface area contributed by atoms with Crippen LogP contribution in [0.15, 0.2) is 30.5 Å². The van der Waals surface area contributed by atoms with Crippen LogP contribution in [0.3, 0.4) is 0 Å². The Labute approximate surface area is 181 Å². The average Bonchev–Trinajstić information content (AvgIpc) is 2.77. The fourth-order valence-electron chi connectivity index (χ4n) is 3.47. The van der Waals surface area contributed by atoms with Crippen molar-refractivity contribution >= 4 is 11.8 Å². The van der Waals surface area contributed by atoms with Crippen molar-refractivity contribution < 1.29 is 36.6 Å². The third-order valence-electron chi connectivity index (χ3n) is 5.42. The number of methoxy groups -OCH3 is 1. The lowest BCUT2D eigenvalue weighted by Crippen LogP contribution is -2.38. The van der Waals surface area contributed by atoms with E-state index < -0.39 is 36.8 Å². The zero-order valence-electron chi connectivity index (χ0n) is 17.2. The molecule has 3 rings (SSSR count). The number of carbonyl (C=O) groups is 1. The Bertz CT molecular complexity index is 943. The van der Waals surface area contributed by atoms with Crippen LogP contribution in [0.1, 0.15) is 25.0 Å². The maximum absolute atomic E-state index is 13.4. The van der Waals surface area contributed by atoms with Crippen LogP contribution < -0.4 is 9.64 Å². The Morgan fingerprint density at radius 3 is 2.31 bits per heavy atom. The summed E-state index contributed by atoms with van der Waals surface area (Å²) in [5.41, 5.74) is 1.08. The molecule has 0 atom stereocenters. The number of piperidine rings is 1. The van der Waals surface area contributed by atoms with Gasteiger partial charge in [0.1, 0.15) is 11.4 Å². The number of carboxylic acid groups (broad SMARTS) is 1. The van der Waals surface area contributed by atoms with Crippen molar-refractivity contribution in [1.29, 1.82) is 0 Å². The minimum absolute atomic E-state index is 0.00143. The second kappa shape index (κ2) is 9.25. The summed E-state index contributed by atoms with van der Waals surface area (Å²) in [6.07, 6.45) is -5.77. The van der Waals surface area contributed by atoms with E-state index in [1.54, 1.807) is 29.2 Å². The summed E-state index contributed by atoms with van der Waals surface area (Å²) in [6, 6.07) is 6.87. The molecule has 32 heavy (non-hydrogen) atoms. The molecule has 6 nitrogen and oxygen atoms in total. The maximum atomic E-state index is 13.4. The van der Waals surface area contributed by atoms with Crippen LogP contribution in [0.2, 0.25) is 0 Å². The number of aryl methyl sites for hydroxylation is 1. The number of anilines is 1. The Kier molecular flexibility index (Phi) is 6.85. The number of aliphatic carboxylic acids is 1. The van der Waals surface area contributed by atoms with E-state index >= 15 is 0 Å². The molecule has 1 aliphatic rings. The minimum atomic E-state index is -5.63. The number of rotatable bonds is 7. The van der Waals surface area contributed by atoms with Gasteiger partial charge >= 0.3 is 18.1 Å². The number of hydrogen-bond donors (Lipinski definition) is 1. The topological polar surface area (TPSA) is 75.6 Å². The number of hydrogen-bond acceptors (Lipinski definition) is 5. The molecule has 174 valence electrons. The van der Waals surface area contributed by atoms with Crippen molar-refractivity contribution in [3.63, 3.8) is 0 Å². The van der Waals surface area contributed by atoms with Gasteiger partial charge in [0.25, 0.3) is 0 Å². The highest BCUT2D eigenvalue weighted by molar-refractivity contribution is 5.74. The number of benzene rings is 1. The van der Waals surface area contributed by atoms with Crippen LogP contribution in [0.25, 0.3) is 11.3 Å². The Balaban J connectivity index is 1.90. The number of alkyl halides is 5. The summed E-state index contributed by atoms with van der Waals surface area (Å²) in [4.78, 5) is 21.7. The smallest absolute Gasteiger partial charge is 0.453 e. The summed E-state index contributed by atoms with van der Waals surface area (Å²) in [6.45, 7) is 0.688. The van der Waals surface area contributed by atoms with Crippen LogP contribution in [-0.2, 0) is 11.2 Å². The van der Waals surface area contributed by atoms with Gasteiger partial charge in [-0.1, -0.05) is 0 Å². The zero-order valence-corrected chi connectivity index (χ0v) is 17.2. The first-order valence-electron chi connectivity index (χ1n) is 9.94. The van der Waals surface area contributed by atoms with Crippen LogP contribution in [0.4, 0.5) is 27.8 Å². The lowest BCUT2D eigenvalue weighted by atomic mass is 9.97. The van der Waals surface area contributed by atoms with Crippen LogP contribution in [0.5, 0.6) is 5.75 Å². The van der Waals surface area contributed by atoms with Crippen LogP contribution in [0, 0.1) is 5.92 Å². The van der Waals surface area contributed by atoms with Gasteiger partial charge in [-0.25, -0.2) is 4.98 Å². The van der Waals surface area contributed by atoms with Gasteiger partial charge in [-0.3, -0.25) is 9.78 Å². The molecule has 0 spiro atoms. The van der Waals surface area contributed by atoms with Crippen LogP contribution >= 0.6 is 0 Å². The molecule has 1 N–H and O–H groups in total. The number of nitrogens with zero attached hydrogens (tertiary/aromatic N) is 3. The molecule has 0 bridgehead atoms. The molecular formula is C21H22F5N3O3. The predicted molar refractivity (Wildman–Crippen MR) is 106 cm³/mol. The second-order valence-corrected chi connectivity index (χ2v) is 7.56. The molecule has 0 radical (unpaired) electrons. The first kappa shape index (κ1) is 23.7. The Hall–Kier alpha value is -2.98. The average molecular weight is 459 g/mol. The van der Waals surface area contributed by atoms with Gasteiger partial charge in [-0.05, 0) is 43.5 Å². The number of ether oxygens (including phenoxy) is 1. The fourth-order valence-corrected chi connectivity index (χ4v) is 3.47. The second-order valence-electron chi connectivity index (χ2n) is 7.56. The monoisotopic (exact) mass is 459 g/mol. The summed E-state index contributed by atoms with van der Waals surface area (Å²) in [5.74, 6) is -5.29.